The van der Waals surface area contributed by atoms with Crippen LogP contribution in [0.4, 0.5) is 13.2 Å². The van der Waals surface area contributed by atoms with E-state index in [4.69, 9.17) is 14.2 Å². The number of benzene rings is 1. The van der Waals surface area contributed by atoms with Gasteiger partial charge in [-0.2, -0.15) is 23.3 Å². The van der Waals surface area contributed by atoms with E-state index in [1.807, 2.05) is 30.5 Å². The SMILES string of the molecule is FC(F)(F)c1ccc(-c2nc(-c3ccc(-c4ccc(O[C@H]5CO[C@@H]6CCO[C@H]56)[nH+]c4)nc3)n[nH]2)cc1. The van der Waals surface area contributed by atoms with Crippen molar-refractivity contribution in [2.24, 2.45) is 0 Å². The molecule has 11 heteroatoms. The van der Waals surface area contributed by atoms with Crippen molar-refractivity contribution in [3.05, 3.63) is 66.5 Å². The molecule has 1 aromatic carbocycles. The summed E-state index contributed by atoms with van der Waals surface area (Å²) >= 11 is 0. The first-order valence-corrected chi connectivity index (χ1v) is 11.4. The molecule has 2 N–H and O–H groups in total. The molecule has 0 aliphatic carbocycles. The Morgan fingerprint density at radius 2 is 1.78 bits per heavy atom. The van der Waals surface area contributed by atoms with Crippen molar-refractivity contribution in [2.45, 2.75) is 30.9 Å². The van der Waals surface area contributed by atoms with Gasteiger partial charge in [0.2, 0.25) is 0 Å². The number of halogens is 3. The normalized spacial score (nSPS) is 21.5. The average molecular weight is 496 g/mol. The lowest BCUT2D eigenvalue weighted by atomic mass is 10.1. The van der Waals surface area contributed by atoms with E-state index < -0.39 is 11.7 Å². The molecule has 2 aliphatic rings. The Balaban J connectivity index is 1.13. The van der Waals surface area contributed by atoms with Crippen LogP contribution < -0.4 is 9.72 Å². The second-order valence-corrected chi connectivity index (χ2v) is 8.61. The van der Waals surface area contributed by atoms with E-state index in [-0.39, 0.29) is 18.3 Å². The van der Waals surface area contributed by atoms with Crippen LogP contribution in [0.5, 0.6) is 5.88 Å². The zero-order valence-corrected chi connectivity index (χ0v) is 18.8. The van der Waals surface area contributed by atoms with Crippen molar-refractivity contribution in [3.8, 4) is 39.9 Å². The predicted octanol–water partition coefficient (Wildman–Crippen LogP) is 3.97. The molecule has 6 rings (SSSR count). The van der Waals surface area contributed by atoms with Crippen LogP contribution in [-0.4, -0.2) is 51.7 Å². The highest BCUT2D eigenvalue weighted by Gasteiger charge is 2.44. The lowest BCUT2D eigenvalue weighted by Gasteiger charge is -2.14. The maximum absolute atomic E-state index is 12.8. The molecule has 0 amide bonds. The van der Waals surface area contributed by atoms with Gasteiger partial charge in [-0.3, -0.25) is 10.1 Å². The minimum atomic E-state index is -4.39. The van der Waals surface area contributed by atoms with E-state index in [9.17, 15) is 13.2 Å². The summed E-state index contributed by atoms with van der Waals surface area (Å²) in [5.74, 6) is 1.39. The van der Waals surface area contributed by atoms with Crippen LogP contribution >= 0.6 is 0 Å². The highest BCUT2D eigenvalue weighted by Crippen LogP contribution is 2.31. The number of nitrogens with one attached hydrogen (secondary N) is 2. The van der Waals surface area contributed by atoms with E-state index in [0.717, 1.165) is 29.8 Å². The van der Waals surface area contributed by atoms with Crippen LogP contribution in [0.2, 0.25) is 0 Å². The number of hydrogen-bond acceptors (Lipinski definition) is 6. The molecule has 3 aromatic heterocycles. The number of ether oxygens (including phenoxy) is 3. The number of fused-ring (bicyclic) bond motifs is 1. The van der Waals surface area contributed by atoms with Crippen molar-refractivity contribution in [2.75, 3.05) is 13.2 Å². The molecule has 5 heterocycles. The monoisotopic (exact) mass is 496 g/mol. The Labute approximate surface area is 203 Å². The molecule has 2 aliphatic heterocycles. The van der Waals surface area contributed by atoms with Crippen molar-refractivity contribution in [1.29, 1.82) is 0 Å². The van der Waals surface area contributed by atoms with E-state index in [0.29, 0.717) is 41.9 Å². The molecule has 36 heavy (non-hydrogen) atoms. The quantitative estimate of drug-likeness (QED) is 0.449. The standard InChI is InChI=1S/C25H20F3N5O3/c26-25(27,28)17-5-1-14(2-6-17)23-31-24(33-32-23)16-3-7-18(29-12-16)15-4-8-21(30-11-15)36-20-13-35-19-9-10-34-22(19)20/h1-8,11-12,19-20,22H,9-10,13H2,(H,31,32,33)/p+1/t19-,20+,22+/m1/s1. The lowest BCUT2D eigenvalue weighted by molar-refractivity contribution is -0.396. The molecule has 0 radical (unpaired) electrons. The van der Waals surface area contributed by atoms with E-state index in [2.05, 4.69) is 25.1 Å². The number of hydrogen-bond donors (Lipinski definition) is 1. The number of alkyl halides is 3. The minimum absolute atomic E-state index is 0.0253. The Hall–Kier alpha value is -3.83. The summed E-state index contributed by atoms with van der Waals surface area (Å²) in [5, 5.41) is 6.95. The number of aromatic nitrogens is 5. The Morgan fingerprint density at radius 1 is 0.972 bits per heavy atom. The van der Waals surface area contributed by atoms with Crippen molar-refractivity contribution < 1.29 is 32.4 Å². The van der Waals surface area contributed by atoms with Crippen LogP contribution in [0.25, 0.3) is 34.0 Å². The zero-order chi connectivity index (χ0) is 24.7. The van der Waals surface area contributed by atoms with Crippen LogP contribution in [0.15, 0.2) is 60.9 Å². The third-order valence-electron chi connectivity index (χ3n) is 6.27. The summed E-state index contributed by atoms with van der Waals surface area (Å²) in [6.07, 6.45) is -0.0648. The minimum Gasteiger partial charge on any atom is -0.436 e. The fourth-order valence-electron chi connectivity index (χ4n) is 4.37. The Bertz CT molecular complexity index is 1340. The van der Waals surface area contributed by atoms with Crippen molar-refractivity contribution in [3.63, 3.8) is 0 Å². The second kappa shape index (κ2) is 8.99. The molecule has 2 fully saturated rings. The Morgan fingerprint density at radius 3 is 2.50 bits per heavy atom. The van der Waals surface area contributed by atoms with Gasteiger partial charge in [0.05, 0.1) is 35.6 Å². The maximum Gasteiger partial charge on any atom is 0.416 e. The van der Waals surface area contributed by atoms with Crippen molar-refractivity contribution >= 4 is 0 Å². The van der Waals surface area contributed by atoms with Gasteiger partial charge in [0.1, 0.15) is 6.10 Å². The summed E-state index contributed by atoms with van der Waals surface area (Å²) in [4.78, 5) is 12.0. The van der Waals surface area contributed by atoms with E-state index in [1.165, 1.54) is 12.1 Å². The molecule has 4 aromatic rings. The molecule has 8 nitrogen and oxygen atoms in total. The first-order valence-electron chi connectivity index (χ1n) is 11.4. The van der Waals surface area contributed by atoms with Gasteiger partial charge in [0.25, 0.3) is 0 Å². The fraction of sp³-hybridized carbons (Fsp3) is 0.280. The number of rotatable bonds is 5. The average Bonchev–Trinajstić information content (AvgIpc) is 3.64. The molecule has 0 bridgehead atoms. The predicted molar refractivity (Wildman–Crippen MR) is 121 cm³/mol. The third-order valence-corrected chi connectivity index (χ3v) is 6.27. The van der Waals surface area contributed by atoms with Gasteiger partial charge in [0.15, 0.2) is 23.9 Å². The number of aromatic amines is 2. The van der Waals surface area contributed by atoms with Crippen LogP contribution in [0, 0.1) is 0 Å². The lowest BCUT2D eigenvalue weighted by Crippen LogP contribution is -2.34. The highest BCUT2D eigenvalue weighted by atomic mass is 19.4. The van der Waals surface area contributed by atoms with Crippen molar-refractivity contribution in [1.82, 2.24) is 20.2 Å². The molecular formula is C25H21F3N5O3+. The van der Waals surface area contributed by atoms with Gasteiger partial charge < -0.3 is 14.2 Å². The fourth-order valence-corrected chi connectivity index (χ4v) is 4.37. The largest absolute Gasteiger partial charge is 0.436 e. The summed E-state index contributed by atoms with van der Waals surface area (Å²) in [6, 6.07) is 12.2. The van der Waals surface area contributed by atoms with Crippen LogP contribution in [-0.2, 0) is 15.7 Å². The van der Waals surface area contributed by atoms with Gasteiger partial charge in [-0.25, -0.2) is 4.98 Å². The first-order chi connectivity index (χ1) is 17.4. The van der Waals surface area contributed by atoms with Gasteiger partial charge in [-0.15, -0.1) is 0 Å². The molecule has 3 atom stereocenters. The van der Waals surface area contributed by atoms with Crippen LogP contribution in [0.1, 0.15) is 12.0 Å². The maximum atomic E-state index is 12.8. The summed E-state index contributed by atoms with van der Waals surface area (Å²) < 4.78 is 55.8. The summed E-state index contributed by atoms with van der Waals surface area (Å²) in [5.41, 5.74) is 2.06. The first kappa shape index (κ1) is 22.6. The summed E-state index contributed by atoms with van der Waals surface area (Å²) in [7, 11) is 0. The molecule has 2 saturated heterocycles. The van der Waals surface area contributed by atoms with Gasteiger partial charge in [-0.1, -0.05) is 12.1 Å². The summed E-state index contributed by atoms with van der Waals surface area (Å²) in [6.45, 7) is 1.21. The molecule has 0 unspecified atom stereocenters. The number of pyridine rings is 2. The topological polar surface area (TPSA) is 96.3 Å². The Kier molecular flexibility index (Phi) is 5.65. The number of nitrogens with zero attached hydrogens (tertiary/aromatic N) is 3. The molecule has 0 spiro atoms. The zero-order valence-electron chi connectivity index (χ0n) is 18.8. The van der Waals surface area contributed by atoms with Gasteiger partial charge in [0, 0.05) is 23.9 Å². The smallest absolute Gasteiger partial charge is 0.416 e. The molecular weight excluding hydrogens is 475 g/mol. The van der Waals surface area contributed by atoms with Gasteiger partial charge in [-0.05, 0) is 36.8 Å². The van der Waals surface area contributed by atoms with E-state index >= 15 is 0 Å². The second-order valence-electron chi connectivity index (χ2n) is 8.61. The van der Waals surface area contributed by atoms with Crippen LogP contribution in [0.3, 0.4) is 0 Å². The van der Waals surface area contributed by atoms with Gasteiger partial charge >= 0.3 is 12.1 Å². The highest BCUT2D eigenvalue weighted by molar-refractivity contribution is 5.64. The third kappa shape index (κ3) is 4.42. The molecule has 0 saturated carbocycles. The number of H-pyrrole nitrogens is 2. The molecule has 184 valence electrons. The van der Waals surface area contributed by atoms with E-state index in [1.54, 1.807) is 6.20 Å².